The van der Waals surface area contributed by atoms with Crippen molar-refractivity contribution in [2.24, 2.45) is 0 Å². The third-order valence-corrected chi connectivity index (χ3v) is 5.14. The van der Waals surface area contributed by atoms with Gasteiger partial charge in [0.1, 0.15) is 11.6 Å². The van der Waals surface area contributed by atoms with Gasteiger partial charge in [-0.15, -0.1) is 0 Å². The summed E-state index contributed by atoms with van der Waals surface area (Å²) in [4.78, 5) is 6.74. The molecule has 0 atom stereocenters. The highest BCUT2D eigenvalue weighted by molar-refractivity contribution is 14.1. The van der Waals surface area contributed by atoms with Crippen molar-refractivity contribution in [1.29, 1.82) is 0 Å². The van der Waals surface area contributed by atoms with E-state index in [4.69, 9.17) is 8.05 Å². The summed E-state index contributed by atoms with van der Waals surface area (Å²) in [6.07, 6.45) is 0. The summed E-state index contributed by atoms with van der Waals surface area (Å²) in [5.41, 5.74) is 4.37. The van der Waals surface area contributed by atoms with Crippen molar-refractivity contribution in [3.8, 4) is 28.3 Å². The molecule has 0 unspecified atom stereocenters. The van der Waals surface area contributed by atoms with Crippen LogP contribution in [0.3, 0.4) is 0 Å². The fourth-order valence-corrected chi connectivity index (χ4v) is 3.55. The molecule has 4 aromatic rings. The Balaban J connectivity index is 1.95. The number of anilines is 1. The Morgan fingerprint density at radius 3 is 2.38 bits per heavy atom. The first-order valence-electron chi connectivity index (χ1n) is 8.81. The number of hydrogen-bond acceptors (Lipinski definition) is 4. The van der Waals surface area contributed by atoms with Crippen molar-refractivity contribution < 1.29 is 11.8 Å². The predicted molar refractivity (Wildman–Crippen MR) is 117 cm³/mol. The van der Waals surface area contributed by atoms with Gasteiger partial charge >= 0.3 is 0 Å². The molecule has 0 aliphatic heterocycles. The Hall–Kier alpha value is -2.75. The normalized spacial score (nSPS) is 11.1. The van der Waals surface area contributed by atoms with Gasteiger partial charge in [0.2, 0.25) is 5.88 Å². The van der Waals surface area contributed by atoms with Gasteiger partial charge in [-0.2, -0.15) is 9.61 Å². The molecular weight excluding hydrogens is 489 g/mol. The van der Waals surface area contributed by atoms with Gasteiger partial charge in [-0.1, -0.05) is 12.1 Å². The van der Waals surface area contributed by atoms with Crippen molar-refractivity contribution in [2.75, 3.05) is 19.0 Å². The predicted octanol–water partition coefficient (Wildman–Crippen LogP) is 5.44. The maximum Gasteiger partial charge on any atom is 0.229 e. The number of aryl methyl sites for hydroxylation is 1. The number of hydrogen-bond donors (Lipinski definition) is 0. The van der Waals surface area contributed by atoms with E-state index in [9.17, 15) is 8.78 Å². The molecule has 0 spiro atoms. The highest BCUT2D eigenvalue weighted by atomic mass is 127. The van der Waals surface area contributed by atoms with E-state index in [0.29, 0.717) is 28.5 Å². The quantitative estimate of drug-likeness (QED) is 0.346. The zero-order chi connectivity index (χ0) is 20.7. The summed E-state index contributed by atoms with van der Waals surface area (Å²) >= 11 is 1.78. The molecule has 148 valence electrons. The summed E-state index contributed by atoms with van der Waals surface area (Å²) in [6, 6.07) is 13.2. The van der Waals surface area contributed by atoms with Crippen LogP contribution in [0.1, 0.15) is 5.69 Å². The van der Waals surface area contributed by atoms with Crippen molar-refractivity contribution in [3.05, 3.63) is 65.9 Å². The second-order valence-electron chi connectivity index (χ2n) is 6.82. The molecule has 0 amide bonds. The van der Waals surface area contributed by atoms with Crippen LogP contribution in [0.5, 0.6) is 5.88 Å². The lowest BCUT2D eigenvalue weighted by atomic mass is 10.1. The molecule has 8 heteroatoms. The number of rotatable bonds is 4. The van der Waals surface area contributed by atoms with Gasteiger partial charge in [-0.25, -0.2) is 13.8 Å². The highest BCUT2D eigenvalue weighted by Gasteiger charge is 2.20. The molecule has 0 radical (unpaired) electrons. The van der Waals surface area contributed by atoms with E-state index in [-0.39, 0.29) is 5.56 Å². The summed E-state index contributed by atoms with van der Waals surface area (Å²) < 4.78 is 34.9. The minimum absolute atomic E-state index is 0.242. The zero-order valence-corrected chi connectivity index (χ0v) is 18.1. The summed E-state index contributed by atoms with van der Waals surface area (Å²) in [5, 5.41) is 4.45. The minimum Gasteiger partial charge on any atom is -0.408 e. The molecule has 0 fully saturated rings. The van der Waals surface area contributed by atoms with Crippen LogP contribution in [0, 0.1) is 18.6 Å². The molecule has 0 aliphatic rings. The van der Waals surface area contributed by atoms with Crippen LogP contribution >= 0.6 is 23.0 Å². The SMILES string of the molecule is Cc1nn2c(OI)cc(-c3ccc(N(C)C)cc3)nc2c1-c1ccc(F)cc1F. The fourth-order valence-electron chi connectivity index (χ4n) is 3.24. The largest absolute Gasteiger partial charge is 0.408 e. The lowest BCUT2D eigenvalue weighted by Gasteiger charge is -2.13. The third kappa shape index (κ3) is 3.52. The first kappa shape index (κ1) is 19.6. The molecular formula is C21H17F2IN4O. The van der Waals surface area contributed by atoms with Crippen LogP contribution in [0.2, 0.25) is 0 Å². The molecule has 0 saturated heterocycles. The topological polar surface area (TPSA) is 42.7 Å². The Morgan fingerprint density at radius 1 is 1.03 bits per heavy atom. The number of nitrogens with zero attached hydrogens (tertiary/aromatic N) is 4. The summed E-state index contributed by atoms with van der Waals surface area (Å²) in [7, 11) is 3.94. The average molecular weight is 506 g/mol. The Morgan fingerprint density at radius 2 is 1.76 bits per heavy atom. The van der Waals surface area contributed by atoms with Crippen LogP contribution < -0.4 is 7.97 Å². The lowest BCUT2D eigenvalue weighted by Crippen LogP contribution is -2.08. The van der Waals surface area contributed by atoms with E-state index < -0.39 is 11.6 Å². The molecule has 2 aromatic carbocycles. The van der Waals surface area contributed by atoms with Gasteiger partial charge in [0.05, 0.1) is 17.0 Å². The molecule has 0 N–H and O–H groups in total. The smallest absolute Gasteiger partial charge is 0.229 e. The number of halogens is 3. The Kier molecular flexibility index (Phi) is 5.12. The van der Waals surface area contributed by atoms with Crippen molar-refractivity contribution in [3.63, 3.8) is 0 Å². The van der Waals surface area contributed by atoms with Gasteiger partial charge in [0.25, 0.3) is 0 Å². The summed E-state index contributed by atoms with van der Waals surface area (Å²) in [5.74, 6) is -0.840. The maximum atomic E-state index is 14.5. The van der Waals surface area contributed by atoms with Crippen molar-refractivity contribution in [2.45, 2.75) is 6.92 Å². The van der Waals surface area contributed by atoms with Gasteiger partial charge < -0.3 is 7.97 Å². The van der Waals surface area contributed by atoms with E-state index >= 15 is 0 Å². The molecule has 5 nitrogen and oxygen atoms in total. The number of benzene rings is 2. The van der Waals surface area contributed by atoms with Crippen molar-refractivity contribution >= 4 is 34.3 Å². The second-order valence-corrected chi connectivity index (χ2v) is 7.26. The molecule has 0 bridgehead atoms. The van der Waals surface area contributed by atoms with E-state index in [1.807, 2.05) is 43.3 Å². The van der Waals surface area contributed by atoms with E-state index in [1.165, 1.54) is 16.6 Å². The molecule has 29 heavy (non-hydrogen) atoms. The molecule has 4 rings (SSSR count). The van der Waals surface area contributed by atoms with Crippen LogP contribution in [0.25, 0.3) is 28.0 Å². The van der Waals surface area contributed by atoms with Gasteiger partial charge in [0, 0.05) is 43.0 Å². The highest BCUT2D eigenvalue weighted by Crippen LogP contribution is 2.34. The first-order valence-corrected chi connectivity index (χ1v) is 9.69. The van der Waals surface area contributed by atoms with Gasteiger partial charge in [0.15, 0.2) is 28.7 Å². The number of fused-ring (bicyclic) bond motifs is 1. The molecule has 0 aliphatic carbocycles. The molecule has 2 aromatic heterocycles. The van der Waals surface area contributed by atoms with Crippen LogP contribution in [-0.2, 0) is 0 Å². The maximum absolute atomic E-state index is 14.5. The standard InChI is InChI=1S/C21H17F2IN4O/c1-12-20(16-9-6-14(22)10-17(16)23)21-25-18(11-19(29-24)28(21)26-12)13-4-7-15(8-5-13)27(2)3/h4-11H,1-3H3. The molecule has 0 saturated carbocycles. The van der Waals surface area contributed by atoms with Crippen LogP contribution in [0.4, 0.5) is 14.5 Å². The van der Waals surface area contributed by atoms with Gasteiger partial charge in [-0.05, 0) is 31.2 Å². The van der Waals surface area contributed by atoms with Crippen LogP contribution in [-0.4, -0.2) is 28.7 Å². The monoisotopic (exact) mass is 506 g/mol. The van der Waals surface area contributed by atoms with Crippen molar-refractivity contribution in [1.82, 2.24) is 14.6 Å². The van der Waals surface area contributed by atoms with E-state index in [2.05, 4.69) is 5.10 Å². The van der Waals surface area contributed by atoms with E-state index in [1.54, 1.807) is 36.0 Å². The minimum atomic E-state index is -0.664. The Labute approximate surface area is 180 Å². The number of aromatic nitrogens is 3. The Bertz CT molecular complexity index is 1210. The fraction of sp³-hybridized carbons (Fsp3) is 0.143. The second kappa shape index (κ2) is 7.58. The lowest BCUT2D eigenvalue weighted by molar-refractivity contribution is 0.585. The first-order chi connectivity index (χ1) is 13.9. The zero-order valence-electron chi connectivity index (χ0n) is 15.9. The van der Waals surface area contributed by atoms with Gasteiger partial charge in [-0.3, -0.25) is 0 Å². The van der Waals surface area contributed by atoms with Crippen LogP contribution in [0.15, 0.2) is 48.5 Å². The average Bonchev–Trinajstić information content (AvgIpc) is 3.03. The summed E-state index contributed by atoms with van der Waals surface area (Å²) in [6.45, 7) is 1.76. The third-order valence-electron chi connectivity index (χ3n) is 4.69. The molecule has 2 heterocycles. The van der Waals surface area contributed by atoms with E-state index in [0.717, 1.165) is 17.3 Å².